The molecule has 0 unspecified atom stereocenters. The van der Waals surface area contributed by atoms with Crippen LogP contribution in [-0.4, -0.2) is 60.4 Å². The van der Waals surface area contributed by atoms with Gasteiger partial charge in [-0.2, -0.15) is 0 Å². The van der Waals surface area contributed by atoms with Crippen LogP contribution >= 0.6 is 0 Å². The molecule has 0 saturated carbocycles. The number of aliphatic hydroxyl groups excluding tert-OH is 2. The highest BCUT2D eigenvalue weighted by atomic mass is 16.3. The summed E-state index contributed by atoms with van der Waals surface area (Å²) in [6.45, 7) is 7.51. The zero-order valence-corrected chi connectivity index (χ0v) is 10.5. The quantitative estimate of drug-likeness (QED) is 0.524. The average molecular weight is 232 g/mol. The van der Waals surface area contributed by atoms with Crippen LogP contribution in [0.25, 0.3) is 0 Å². The molecule has 0 aromatic rings. The molecule has 0 saturated heterocycles. The average Bonchev–Trinajstić information content (AvgIpc) is 2.30. The number of rotatable bonds is 8. The molecule has 0 radical (unpaired) electrons. The van der Waals surface area contributed by atoms with Crippen LogP contribution in [0.15, 0.2) is 0 Å². The highest BCUT2D eigenvalue weighted by Gasteiger charge is 2.22. The summed E-state index contributed by atoms with van der Waals surface area (Å²) in [6.07, 6.45) is 0. The zero-order valence-electron chi connectivity index (χ0n) is 10.5. The van der Waals surface area contributed by atoms with Crippen molar-refractivity contribution < 1.29 is 15.0 Å². The van der Waals surface area contributed by atoms with Crippen LogP contribution in [0.4, 0.5) is 0 Å². The van der Waals surface area contributed by atoms with E-state index in [1.54, 1.807) is 11.8 Å². The van der Waals surface area contributed by atoms with E-state index in [9.17, 15) is 4.79 Å². The highest BCUT2D eigenvalue weighted by Crippen LogP contribution is 2.11. The van der Waals surface area contributed by atoms with Crippen LogP contribution in [0.2, 0.25) is 0 Å². The van der Waals surface area contributed by atoms with E-state index in [1.165, 1.54) is 0 Å². The van der Waals surface area contributed by atoms with Crippen molar-refractivity contribution >= 4 is 5.91 Å². The van der Waals surface area contributed by atoms with Crippen molar-refractivity contribution in [3.63, 3.8) is 0 Å². The second-order valence-electron chi connectivity index (χ2n) is 4.30. The van der Waals surface area contributed by atoms with Crippen LogP contribution in [0, 0.1) is 5.41 Å². The molecule has 96 valence electrons. The third-order valence-electron chi connectivity index (χ3n) is 2.71. The second-order valence-corrected chi connectivity index (χ2v) is 4.30. The predicted octanol–water partition coefficient (Wildman–Crippen LogP) is -0.565. The normalized spacial score (nSPS) is 11.6. The largest absolute Gasteiger partial charge is 0.396 e. The lowest BCUT2D eigenvalue weighted by atomic mass is 9.93. The summed E-state index contributed by atoms with van der Waals surface area (Å²) in [6, 6.07) is 0. The van der Waals surface area contributed by atoms with Gasteiger partial charge in [-0.05, 0) is 13.8 Å². The Hall–Kier alpha value is -0.650. The number of hydrogen-bond donors (Lipinski definition) is 3. The van der Waals surface area contributed by atoms with Gasteiger partial charge in [-0.1, -0.05) is 6.92 Å². The summed E-state index contributed by atoms with van der Waals surface area (Å²) in [7, 11) is 0. The Kier molecular flexibility index (Phi) is 7.29. The topological polar surface area (TPSA) is 72.8 Å². The van der Waals surface area contributed by atoms with Gasteiger partial charge >= 0.3 is 0 Å². The van der Waals surface area contributed by atoms with E-state index in [4.69, 9.17) is 10.2 Å². The first-order valence-corrected chi connectivity index (χ1v) is 5.73. The molecule has 0 spiro atoms. The molecular weight excluding hydrogens is 208 g/mol. The fourth-order valence-electron chi connectivity index (χ4n) is 1.32. The van der Waals surface area contributed by atoms with Crippen molar-refractivity contribution in [2.24, 2.45) is 5.41 Å². The molecule has 0 atom stereocenters. The van der Waals surface area contributed by atoms with Crippen molar-refractivity contribution in [2.45, 2.75) is 20.8 Å². The Bertz CT molecular complexity index is 201. The van der Waals surface area contributed by atoms with Crippen LogP contribution < -0.4 is 5.32 Å². The van der Waals surface area contributed by atoms with Gasteiger partial charge < -0.3 is 20.4 Å². The first kappa shape index (κ1) is 15.3. The number of aliphatic hydroxyl groups is 2. The van der Waals surface area contributed by atoms with Gasteiger partial charge in [-0.25, -0.2) is 0 Å². The van der Waals surface area contributed by atoms with Gasteiger partial charge in [0.05, 0.1) is 19.8 Å². The summed E-state index contributed by atoms with van der Waals surface area (Å²) in [5.41, 5.74) is -0.566. The summed E-state index contributed by atoms with van der Waals surface area (Å²) >= 11 is 0. The molecule has 1 amide bonds. The minimum Gasteiger partial charge on any atom is -0.396 e. The SMILES string of the molecule is CCN(CC)C(=O)CNCC(C)(CO)CO. The summed E-state index contributed by atoms with van der Waals surface area (Å²) in [5, 5.41) is 21.1. The van der Waals surface area contributed by atoms with Gasteiger partial charge in [0.15, 0.2) is 0 Å². The number of likely N-dealkylation sites (N-methyl/N-ethyl adjacent to an activating group) is 1. The maximum atomic E-state index is 11.6. The molecular formula is C11H24N2O3. The minimum absolute atomic E-state index is 0.0447. The Balaban J connectivity index is 3.93. The predicted molar refractivity (Wildman–Crippen MR) is 63.1 cm³/mol. The number of nitrogens with one attached hydrogen (secondary N) is 1. The van der Waals surface area contributed by atoms with Gasteiger partial charge in [-0.15, -0.1) is 0 Å². The summed E-state index contributed by atoms with van der Waals surface area (Å²) in [5.74, 6) is 0.0447. The fourth-order valence-corrected chi connectivity index (χ4v) is 1.32. The van der Waals surface area contributed by atoms with Crippen LogP contribution in [0.5, 0.6) is 0 Å². The van der Waals surface area contributed by atoms with Crippen LogP contribution in [0.3, 0.4) is 0 Å². The lowest BCUT2D eigenvalue weighted by molar-refractivity contribution is -0.130. The molecule has 0 fully saturated rings. The molecule has 5 nitrogen and oxygen atoms in total. The van der Waals surface area contributed by atoms with E-state index in [1.807, 2.05) is 13.8 Å². The van der Waals surface area contributed by atoms with Crippen molar-refractivity contribution in [1.29, 1.82) is 0 Å². The van der Waals surface area contributed by atoms with Crippen molar-refractivity contribution in [2.75, 3.05) is 39.4 Å². The lowest BCUT2D eigenvalue weighted by Crippen LogP contribution is -2.43. The second kappa shape index (κ2) is 7.60. The van der Waals surface area contributed by atoms with Crippen LogP contribution in [0.1, 0.15) is 20.8 Å². The Morgan fingerprint density at radius 2 is 1.75 bits per heavy atom. The Morgan fingerprint density at radius 1 is 1.25 bits per heavy atom. The summed E-state index contributed by atoms with van der Waals surface area (Å²) in [4.78, 5) is 13.3. The van der Waals surface area contributed by atoms with E-state index < -0.39 is 5.41 Å². The summed E-state index contributed by atoms with van der Waals surface area (Å²) < 4.78 is 0. The monoisotopic (exact) mass is 232 g/mol. The standard InChI is InChI=1S/C11H24N2O3/c1-4-13(5-2)10(16)6-12-7-11(3,8-14)9-15/h12,14-15H,4-9H2,1-3H3. The van der Waals surface area contributed by atoms with Crippen molar-refractivity contribution in [1.82, 2.24) is 10.2 Å². The Labute approximate surface area is 97.4 Å². The number of hydrogen-bond acceptors (Lipinski definition) is 4. The van der Waals surface area contributed by atoms with Crippen LogP contribution in [-0.2, 0) is 4.79 Å². The molecule has 16 heavy (non-hydrogen) atoms. The molecule has 0 aliphatic heterocycles. The fraction of sp³-hybridized carbons (Fsp3) is 0.909. The molecule has 0 rings (SSSR count). The third kappa shape index (κ3) is 4.92. The van der Waals surface area contributed by atoms with E-state index in [0.29, 0.717) is 19.6 Å². The zero-order chi connectivity index (χ0) is 12.6. The molecule has 0 aromatic heterocycles. The molecule has 0 heterocycles. The number of carbonyl (C=O) groups excluding carboxylic acids is 1. The van der Waals surface area contributed by atoms with Gasteiger partial charge in [0.1, 0.15) is 0 Å². The van der Waals surface area contributed by atoms with Crippen molar-refractivity contribution in [3.05, 3.63) is 0 Å². The molecule has 0 bridgehead atoms. The number of carbonyl (C=O) groups is 1. The first-order valence-electron chi connectivity index (χ1n) is 5.73. The maximum absolute atomic E-state index is 11.6. The van der Waals surface area contributed by atoms with Gasteiger partial charge in [0, 0.05) is 25.0 Å². The van der Waals surface area contributed by atoms with E-state index in [2.05, 4.69) is 5.32 Å². The molecule has 0 aromatic carbocycles. The molecule has 3 N–H and O–H groups in total. The maximum Gasteiger partial charge on any atom is 0.236 e. The smallest absolute Gasteiger partial charge is 0.236 e. The molecule has 0 aliphatic rings. The Morgan fingerprint density at radius 3 is 2.12 bits per heavy atom. The van der Waals surface area contributed by atoms with E-state index in [0.717, 1.165) is 0 Å². The van der Waals surface area contributed by atoms with Gasteiger partial charge in [-0.3, -0.25) is 4.79 Å². The van der Waals surface area contributed by atoms with Crippen molar-refractivity contribution in [3.8, 4) is 0 Å². The third-order valence-corrected chi connectivity index (χ3v) is 2.71. The highest BCUT2D eigenvalue weighted by molar-refractivity contribution is 5.78. The number of nitrogens with zero attached hydrogens (tertiary/aromatic N) is 1. The molecule has 5 heteroatoms. The molecule has 0 aliphatic carbocycles. The minimum atomic E-state index is -0.566. The lowest BCUT2D eigenvalue weighted by Gasteiger charge is -2.25. The van der Waals surface area contributed by atoms with Gasteiger partial charge in [0.2, 0.25) is 5.91 Å². The first-order chi connectivity index (χ1) is 7.52. The van der Waals surface area contributed by atoms with Gasteiger partial charge in [0.25, 0.3) is 0 Å². The van der Waals surface area contributed by atoms with E-state index >= 15 is 0 Å². The van der Waals surface area contributed by atoms with E-state index in [-0.39, 0.29) is 25.7 Å². The number of amides is 1.